The number of nitrogens with zero attached hydrogens (tertiary/aromatic N) is 5. The number of ether oxygens (including phenoxy) is 2. The molecule has 4 heterocycles. The lowest BCUT2D eigenvalue weighted by molar-refractivity contribution is 0.0651. The second-order valence-corrected chi connectivity index (χ2v) is 7.93. The van der Waals surface area contributed by atoms with Gasteiger partial charge in [0, 0.05) is 63.3 Å². The number of fused-ring (bicyclic) bond motifs is 1. The van der Waals surface area contributed by atoms with E-state index in [0.717, 1.165) is 24.1 Å². The summed E-state index contributed by atoms with van der Waals surface area (Å²) in [5, 5.41) is 7.60. The van der Waals surface area contributed by atoms with Gasteiger partial charge in [0.05, 0.1) is 19.7 Å². The molecule has 0 aliphatic carbocycles. The predicted molar refractivity (Wildman–Crippen MR) is 113 cm³/mol. The molecule has 0 saturated carbocycles. The fraction of sp³-hybridized carbons (Fsp3) is 0.571. The van der Waals surface area contributed by atoms with Gasteiger partial charge in [-0.1, -0.05) is 0 Å². The summed E-state index contributed by atoms with van der Waals surface area (Å²) in [7, 11) is 4.81. The largest absolute Gasteiger partial charge is 0.493 e. The van der Waals surface area contributed by atoms with Crippen LogP contribution >= 0.6 is 0 Å². The average molecular weight is 433 g/mol. The van der Waals surface area contributed by atoms with Gasteiger partial charge < -0.3 is 24.6 Å². The number of pyridine rings is 1. The number of aryl methyl sites for hydroxylation is 1. The number of urea groups is 1. The summed E-state index contributed by atoms with van der Waals surface area (Å²) in [6.07, 6.45) is 4.03. The third-order valence-electron chi connectivity index (χ3n) is 6.08. The number of carbonyl (C=O) groups is 1. The minimum Gasteiger partial charge on any atom is -0.493 e. The maximum absolute atomic E-state index is 15.2. The molecule has 2 aromatic rings. The topological polar surface area (TPSA) is 84.8 Å². The predicted octanol–water partition coefficient (Wildman–Crippen LogP) is 2.55. The number of hydrogen-bond acceptors (Lipinski definition) is 6. The van der Waals surface area contributed by atoms with Crippen LogP contribution in [0.1, 0.15) is 35.7 Å². The number of anilines is 2. The number of hydrogen-bond donors (Lipinski definition) is 1. The van der Waals surface area contributed by atoms with Gasteiger partial charge in [0.25, 0.3) is 0 Å². The molecule has 1 fully saturated rings. The van der Waals surface area contributed by atoms with E-state index >= 15 is 4.39 Å². The number of halogens is 1. The summed E-state index contributed by atoms with van der Waals surface area (Å²) in [6.45, 7) is 4.15. The summed E-state index contributed by atoms with van der Waals surface area (Å²) in [6, 6.07) is 0.0842. The first-order chi connectivity index (χ1) is 15.0. The van der Waals surface area contributed by atoms with Gasteiger partial charge in [0.1, 0.15) is 0 Å². The lowest BCUT2D eigenvalue weighted by Gasteiger charge is -2.30. The Morgan fingerprint density at radius 1 is 1.35 bits per heavy atom. The van der Waals surface area contributed by atoms with E-state index in [4.69, 9.17) is 14.6 Å². The maximum Gasteiger partial charge on any atom is 0.317 e. The van der Waals surface area contributed by atoms with Crippen molar-refractivity contribution in [3.8, 4) is 5.75 Å². The number of methoxy groups -OCH3 is 1. The first-order valence-corrected chi connectivity index (χ1v) is 10.5. The molecular weight excluding hydrogens is 403 g/mol. The molecule has 0 bridgehead atoms. The zero-order valence-corrected chi connectivity index (χ0v) is 18.4. The molecule has 168 valence electrons. The monoisotopic (exact) mass is 432 g/mol. The lowest BCUT2D eigenvalue weighted by Crippen LogP contribution is -2.41. The Balaban J connectivity index is 1.78. The van der Waals surface area contributed by atoms with Crippen molar-refractivity contribution < 1.29 is 18.7 Å². The molecule has 4 rings (SSSR count). The van der Waals surface area contributed by atoms with E-state index in [1.165, 1.54) is 7.11 Å². The molecule has 2 amide bonds. The molecule has 2 aliphatic rings. The molecule has 0 atom stereocenters. The van der Waals surface area contributed by atoms with Crippen LogP contribution in [0.5, 0.6) is 5.75 Å². The maximum atomic E-state index is 15.2. The Morgan fingerprint density at radius 3 is 2.77 bits per heavy atom. The van der Waals surface area contributed by atoms with Crippen LogP contribution in [0.15, 0.2) is 6.20 Å². The number of aromatic nitrogens is 3. The van der Waals surface area contributed by atoms with Crippen molar-refractivity contribution in [2.24, 2.45) is 0 Å². The zero-order chi connectivity index (χ0) is 22.1. The summed E-state index contributed by atoms with van der Waals surface area (Å²) in [5.41, 5.74) is 2.63. The Hall–Kier alpha value is -2.88. The lowest BCUT2D eigenvalue weighted by atomic mass is 10.0. The van der Waals surface area contributed by atoms with Crippen molar-refractivity contribution in [1.82, 2.24) is 25.0 Å². The highest BCUT2D eigenvalue weighted by Crippen LogP contribution is 2.37. The minimum atomic E-state index is -0.529. The summed E-state index contributed by atoms with van der Waals surface area (Å²) < 4.78 is 28.0. The number of nitrogens with one attached hydrogen (secondary N) is 1. The molecule has 0 unspecified atom stereocenters. The standard InChI is InChI=1S/C21H29FN6O3/c1-13-11-24-20(17(22)18(13)30-4)26(3)19-15-12-27(21(29)23-2)8-5-16(15)28(25-19)14-6-9-31-10-7-14/h11,14H,5-10,12H2,1-4H3,(H,23,29). The van der Waals surface area contributed by atoms with Gasteiger partial charge in [-0.15, -0.1) is 0 Å². The Labute approximate surface area is 181 Å². The molecule has 10 heteroatoms. The van der Waals surface area contributed by atoms with Crippen LogP contribution in [0.4, 0.5) is 20.8 Å². The molecule has 9 nitrogen and oxygen atoms in total. The molecule has 0 spiro atoms. The third kappa shape index (κ3) is 3.80. The molecule has 0 aromatic carbocycles. The molecule has 2 aliphatic heterocycles. The fourth-order valence-corrected chi connectivity index (χ4v) is 4.39. The van der Waals surface area contributed by atoms with Gasteiger partial charge in [-0.25, -0.2) is 9.78 Å². The summed E-state index contributed by atoms with van der Waals surface area (Å²) in [4.78, 5) is 20.0. The highest BCUT2D eigenvalue weighted by molar-refractivity contribution is 5.75. The Kier molecular flexibility index (Phi) is 5.99. The molecule has 0 radical (unpaired) electrons. The third-order valence-corrected chi connectivity index (χ3v) is 6.08. The van der Waals surface area contributed by atoms with Crippen molar-refractivity contribution in [1.29, 1.82) is 0 Å². The molecule has 1 saturated heterocycles. The number of rotatable bonds is 4. The first kappa shape index (κ1) is 21.4. The number of carbonyl (C=O) groups excluding carboxylic acids is 1. The van der Waals surface area contributed by atoms with Gasteiger partial charge in [-0.05, 0) is 19.8 Å². The minimum absolute atomic E-state index is 0.138. The summed E-state index contributed by atoms with van der Waals surface area (Å²) >= 11 is 0. The van der Waals surface area contributed by atoms with E-state index < -0.39 is 5.82 Å². The molecule has 2 aromatic heterocycles. The van der Waals surface area contributed by atoms with Crippen LogP contribution in [0.25, 0.3) is 0 Å². The van der Waals surface area contributed by atoms with E-state index in [0.29, 0.717) is 44.1 Å². The van der Waals surface area contributed by atoms with Gasteiger partial charge in [0.15, 0.2) is 17.4 Å². The highest BCUT2D eigenvalue weighted by Gasteiger charge is 2.33. The Bertz CT molecular complexity index is 973. The van der Waals surface area contributed by atoms with Crippen LogP contribution in [0, 0.1) is 12.7 Å². The van der Waals surface area contributed by atoms with Crippen molar-refractivity contribution in [3.05, 3.63) is 28.8 Å². The van der Waals surface area contributed by atoms with Crippen LogP contribution < -0.4 is 15.0 Å². The van der Waals surface area contributed by atoms with Crippen molar-refractivity contribution in [3.63, 3.8) is 0 Å². The molecule has 1 N–H and O–H groups in total. The van der Waals surface area contributed by atoms with Crippen LogP contribution in [0.3, 0.4) is 0 Å². The smallest absolute Gasteiger partial charge is 0.317 e. The first-order valence-electron chi connectivity index (χ1n) is 10.5. The second kappa shape index (κ2) is 8.70. The van der Waals surface area contributed by atoms with E-state index in [-0.39, 0.29) is 23.6 Å². The van der Waals surface area contributed by atoms with E-state index in [1.54, 1.807) is 37.0 Å². The van der Waals surface area contributed by atoms with Crippen LogP contribution in [0.2, 0.25) is 0 Å². The van der Waals surface area contributed by atoms with Crippen molar-refractivity contribution in [2.75, 3.05) is 45.9 Å². The number of amides is 2. The highest BCUT2D eigenvalue weighted by atomic mass is 19.1. The SMILES string of the molecule is CNC(=O)N1CCc2c(c(N(C)c3ncc(C)c(OC)c3F)nn2C2CCOCC2)C1. The van der Waals surface area contributed by atoms with Crippen LogP contribution in [-0.4, -0.2) is 66.7 Å². The quantitative estimate of drug-likeness (QED) is 0.799. The average Bonchev–Trinajstić information content (AvgIpc) is 3.18. The van der Waals surface area contributed by atoms with E-state index in [2.05, 4.69) is 15.0 Å². The van der Waals surface area contributed by atoms with Gasteiger partial charge >= 0.3 is 6.03 Å². The fourth-order valence-electron chi connectivity index (χ4n) is 4.39. The Morgan fingerprint density at radius 2 is 2.10 bits per heavy atom. The molecule has 31 heavy (non-hydrogen) atoms. The second-order valence-electron chi connectivity index (χ2n) is 7.93. The van der Waals surface area contributed by atoms with Gasteiger partial charge in [-0.2, -0.15) is 9.49 Å². The van der Waals surface area contributed by atoms with E-state index in [1.807, 2.05) is 0 Å². The van der Waals surface area contributed by atoms with Gasteiger partial charge in [0.2, 0.25) is 5.82 Å². The van der Waals surface area contributed by atoms with Gasteiger partial charge in [-0.3, -0.25) is 4.68 Å². The van der Waals surface area contributed by atoms with Crippen molar-refractivity contribution >= 4 is 17.7 Å². The van der Waals surface area contributed by atoms with Crippen LogP contribution in [-0.2, 0) is 17.7 Å². The zero-order valence-electron chi connectivity index (χ0n) is 18.4. The summed E-state index contributed by atoms with van der Waals surface area (Å²) in [5.74, 6) is 0.381. The van der Waals surface area contributed by atoms with Crippen molar-refractivity contribution in [2.45, 2.75) is 38.8 Å². The normalized spacial score (nSPS) is 16.7. The molecular formula is C21H29FN6O3. The van der Waals surface area contributed by atoms with E-state index in [9.17, 15) is 4.79 Å².